The number of imidazole rings is 1. The maximum Gasteiger partial charge on any atom is 0.336 e. The van der Waals surface area contributed by atoms with Crippen molar-refractivity contribution in [3.63, 3.8) is 0 Å². The van der Waals surface area contributed by atoms with Crippen molar-refractivity contribution in [2.75, 3.05) is 0 Å². The van der Waals surface area contributed by atoms with Gasteiger partial charge in [-0.15, -0.1) is 0 Å². The fourth-order valence-corrected chi connectivity index (χ4v) is 3.51. The van der Waals surface area contributed by atoms with Crippen LogP contribution in [0.4, 0.5) is 0 Å². The fraction of sp³-hybridized carbons (Fsp3) is 0.222. The maximum atomic E-state index is 12.8. The number of aromatic hydroxyl groups is 1. The molecule has 0 saturated carbocycles. The second kappa shape index (κ2) is 4.73. The normalized spacial score (nSPS) is 19.4. The van der Waals surface area contributed by atoms with E-state index in [-0.39, 0.29) is 11.6 Å². The highest BCUT2D eigenvalue weighted by Crippen LogP contribution is 2.38. The number of nitrogens with zero attached hydrogens (tertiary/aromatic N) is 3. The van der Waals surface area contributed by atoms with Gasteiger partial charge in [0.05, 0.1) is 17.3 Å². The van der Waals surface area contributed by atoms with Crippen molar-refractivity contribution in [2.45, 2.75) is 25.5 Å². The van der Waals surface area contributed by atoms with Crippen molar-refractivity contribution in [1.82, 2.24) is 9.13 Å². The number of hydrogen-bond donors (Lipinski definition) is 2. The molecule has 0 bridgehead atoms. The summed E-state index contributed by atoms with van der Waals surface area (Å²) >= 11 is 0. The van der Waals surface area contributed by atoms with Gasteiger partial charge in [-0.2, -0.15) is 5.26 Å². The minimum Gasteiger partial charge on any atom is -0.493 e. The number of rotatable bonds is 1. The van der Waals surface area contributed by atoms with Crippen LogP contribution in [-0.2, 0) is 12.1 Å². The Kier molecular flexibility index (Phi) is 2.87. The lowest BCUT2D eigenvalue weighted by Crippen LogP contribution is -2.22. The summed E-state index contributed by atoms with van der Waals surface area (Å²) in [6, 6.07) is 12.7. The summed E-state index contributed by atoms with van der Waals surface area (Å²) < 4.78 is 2.61. The summed E-state index contributed by atoms with van der Waals surface area (Å²) in [4.78, 5) is 12.8. The van der Waals surface area contributed by atoms with Crippen LogP contribution in [0.15, 0.2) is 41.2 Å². The first-order valence-electron chi connectivity index (χ1n) is 7.65. The van der Waals surface area contributed by atoms with Gasteiger partial charge in [0.1, 0.15) is 11.3 Å². The van der Waals surface area contributed by atoms with Crippen LogP contribution in [0.1, 0.15) is 24.6 Å². The zero-order valence-corrected chi connectivity index (χ0v) is 13.0. The van der Waals surface area contributed by atoms with E-state index < -0.39 is 11.3 Å². The van der Waals surface area contributed by atoms with Gasteiger partial charge in [-0.05, 0) is 25.5 Å². The second-order valence-electron chi connectivity index (χ2n) is 6.26. The third kappa shape index (κ3) is 1.76. The Morgan fingerprint density at radius 3 is 2.58 bits per heavy atom. The Labute approximate surface area is 137 Å². The Morgan fingerprint density at radius 1 is 1.21 bits per heavy atom. The molecular weight excluding hydrogens is 306 g/mol. The van der Waals surface area contributed by atoms with E-state index in [1.807, 2.05) is 12.1 Å². The van der Waals surface area contributed by atoms with Crippen LogP contribution in [0.3, 0.4) is 0 Å². The van der Waals surface area contributed by atoms with Crippen LogP contribution in [0.2, 0.25) is 0 Å². The highest BCUT2D eigenvalue weighted by molar-refractivity contribution is 5.94. The van der Waals surface area contributed by atoms with E-state index in [1.165, 1.54) is 9.13 Å². The number of aromatic nitrogens is 2. The standard InChI is InChI=1S/C18H15N3O3/c1-18(24)8-9-20-15(18)16(22)21(17(20)23)14-7-6-11(10-19)12-4-2-3-5-13(12)14/h2-7,22,24H,8-9H2,1H3/t18-/m0/s1. The highest BCUT2D eigenvalue weighted by Gasteiger charge is 2.39. The molecule has 2 N–H and O–H groups in total. The smallest absolute Gasteiger partial charge is 0.336 e. The van der Waals surface area contributed by atoms with Gasteiger partial charge >= 0.3 is 5.69 Å². The average molecular weight is 321 g/mol. The lowest BCUT2D eigenvalue weighted by atomic mass is 10.0. The van der Waals surface area contributed by atoms with Crippen LogP contribution >= 0.6 is 0 Å². The lowest BCUT2D eigenvalue weighted by molar-refractivity contribution is 0.0563. The van der Waals surface area contributed by atoms with E-state index in [9.17, 15) is 20.3 Å². The molecule has 0 amide bonds. The van der Waals surface area contributed by atoms with Crippen molar-refractivity contribution in [3.8, 4) is 17.6 Å². The van der Waals surface area contributed by atoms with Crippen LogP contribution in [-0.4, -0.2) is 19.3 Å². The molecule has 1 aromatic heterocycles. The molecule has 0 fully saturated rings. The lowest BCUT2D eigenvalue weighted by Gasteiger charge is -2.16. The zero-order valence-electron chi connectivity index (χ0n) is 13.0. The minimum atomic E-state index is -1.24. The Morgan fingerprint density at radius 2 is 1.92 bits per heavy atom. The van der Waals surface area contributed by atoms with Gasteiger partial charge in [-0.25, -0.2) is 9.36 Å². The monoisotopic (exact) mass is 321 g/mol. The molecule has 24 heavy (non-hydrogen) atoms. The van der Waals surface area contributed by atoms with Crippen molar-refractivity contribution >= 4 is 10.8 Å². The van der Waals surface area contributed by atoms with Gasteiger partial charge in [-0.3, -0.25) is 4.57 Å². The molecule has 0 unspecified atom stereocenters. The van der Waals surface area contributed by atoms with Gasteiger partial charge in [0, 0.05) is 17.3 Å². The van der Waals surface area contributed by atoms with Crippen LogP contribution in [0.25, 0.3) is 16.5 Å². The van der Waals surface area contributed by atoms with Gasteiger partial charge < -0.3 is 10.2 Å². The number of fused-ring (bicyclic) bond motifs is 2. The van der Waals surface area contributed by atoms with E-state index in [2.05, 4.69) is 6.07 Å². The largest absolute Gasteiger partial charge is 0.493 e. The van der Waals surface area contributed by atoms with E-state index in [0.717, 1.165) is 0 Å². The topological polar surface area (TPSA) is 91.2 Å². The molecule has 1 aliphatic heterocycles. The maximum absolute atomic E-state index is 12.8. The van der Waals surface area contributed by atoms with Crippen molar-refractivity contribution in [1.29, 1.82) is 5.26 Å². The molecule has 6 heteroatoms. The molecule has 0 spiro atoms. The number of nitriles is 1. The molecular formula is C18H15N3O3. The molecule has 1 atom stereocenters. The Hall–Kier alpha value is -3.04. The second-order valence-corrected chi connectivity index (χ2v) is 6.26. The van der Waals surface area contributed by atoms with Gasteiger partial charge in [-0.1, -0.05) is 24.3 Å². The third-order valence-corrected chi connectivity index (χ3v) is 4.71. The first-order valence-corrected chi connectivity index (χ1v) is 7.65. The molecule has 0 radical (unpaired) electrons. The molecule has 2 aromatic carbocycles. The molecule has 0 saturated heterocycles. The fourth-order valence-electron chi connectivity index (χ4n) is 3.51. The summed E-state index contributed by atoms with van der Waals surface area (Å²) in [5.41, 5.74) is -0.404. The number of benzene rings is 2. The molecule has 3 aromatic rings. The van der Waals surface area contributed by atoms with Crippen LogP contribution in [0, 0.1) is 11.3 Å². The summed E-state index contributed by atoms with van der Waals surface area (Å²) in [5.74, 6) is -0.252. The first-order chi connectivity index (χ1) is 11.5. The predicted molar refractivity (Wildman–Crippen MR) is 88.1 cm³/mol. The van der Waals surface area contributed by atoms with Crippen molar-refractivity contribution in [2.24, 2.45) is 0 Å². The summed E-state index contributed by atoms with van der Waals surface area (Å²) in [5, 5.41) is 31.7. The van der Waals surface area contributed by atoms with Crippen LogP contribution < -0.4 is 5.69 Å². The number of aliphatic hydroxyl groups is 1. The predicted octanol–water partition coefficient (Wildman–Crippen LogP) is 1.98. The van der Waals surface area contributed by atoms with E-state index in [0.29, 0.717) is 35.0 Å². The Bertz CT molecular complexity index is 1080. The third-order valence-electron chi connectivity index (χ3n) is 4.71. The Balaban J connectivity index is 2.09. The van der Waals surface area contributed by atoms with E-state index >= 15 is 0 Å². The quantitative estimate of drug-likeness (QED) is 0.717. The molecule has 2 heterocycles. The molecule has 120 valence electrons. The van der Waals surface area contributed by atoms with Gasteiger partial charge in [0.25, 0.3) is 0 Å². The number of hydrogen-bond acceptors (Lipinski definition) is 4. The van der Waals surface area contributed by atoms with Crippen molar-refractivity contribution in [3.05, 3.63) is 58.1 Å². The molecule has 1 aliphatic rings. The molecule has 0 aliphatic carbocycles. The molecule has 4 rings (SSSR count). The van der Waals surface area contributed by atoms with Gasteiger partial charge in [0.2, 0.25) is 5.88 Å². The molecule has 6 nitrogen and oxygen atoms in total. The van der Waals surface area contributed by atoms with Gasteiger partial charge in [0.15, 0.2) is 0 Å². The minimum absolute atomic E-state index is 0.237. The van der Waals surface area contributed by atoms with E-state index in [1.54, 1.807) is 31.2 Å². The van der Waals surface area contributed by atoms with E-state index in [4.69, 9.17) is 0 Å². The first kappa shape index (κ1) is 14.5. The van der Waals surface area contributed by atoms with Crippen LogP contribution in [0.5, 0.6) is 5.88 Å². The SMILES string of the molecule is C[C@]1(O)CCn2c1c(O)n(-c1ccc(C#N)c3ccccc13)c2=O. The summed E-state index contributed by atoms with van der Waals surface area (Å²) in [6.07, 6.45) is 0.389. The average Bonchev–Trinajstić information content (AvgIpc) is 3.02. The zero-order chi connectivity index (χ0) is 17.1. The van der Waals surface area contributed by atoms with Crippen molar-refractivity contribution < 1.29 is 10.2 Å². The summed E-state index contributed by atoms with van der Waals surface area (Å²) in [7, 11) is 0. The summed E-state index contributed by atoms with van der Waals surface area (Å²) in [6.45, 7) is 1.95. The highest BCUT2D eigenvalue weighted by atomic mass is 16.3.